The molecular weight excluding hydrogens is 404 g/mol. The van der Waals surface area contributed by atoms with Gasteiger partial charge < -0.3 is 15.3 Å². The molecule has 2 rings (SSSR count). The zero-order valence-electron chi connectivity index (χ0n) is 18.1. The van der Waals surface area contributed by atoms with Crippen molar-refractivity contribution in [2.24, 2.45) is 16.4 Å². The van der Waals surface area contributed by atoms with E-state index in [0.717, 1.165) is 44.4 Å². The van der Waals surface area contributed by atoms with Crippen LogP contribution in [0.1, 0.15) is 52.9 Å². The van der Waals surface area contributed by atoms with Gasteiger partial charge in [0.1, 0.15) is 6.04 Å². The number of hydrogen-bond donors (Lipinski definition) is 3. The number of amidine groups is 1. The van der Waals surface area contributed by atoms with Crippen LogP contribution in [0.5, 0.6) is 0 Å². The minimum absolute atomic E-state index is 0.00960. The molecular formula is C21H34N4O4S. The molecule has 2 amide bonds. The van der Waals surface area contributed by atoms with E-state index in [1.807, 2.05) is 25.7 Å². The number of hydrogen-bond acceptors (Lipinski definition) is 6. The van der Waals surface area contributed by atoms with Crippen molar-refractivity contribution < 1.29 is 19.5 Å². The van der Waals surface area contributed by atoms with Crippen molar-refractivity contribution in [1.82, 2.24) is 15.6 Å². The van der Waals surface area contributed by atoms with Gasteiger partial charge in [-0.15, -0.1) is 5.10 Å². The van der Waals surface area contributed by atoms with E-state index >= 15 is 0 Å². The molecule has 3 N–H and O–H groups in total. The molecule has 8 nitrogen and oxygen atoms in total. The van der Waals surface area contributed by atoms with Crippen molar-refractivity contribution >= 4 is 34.5 Å². The lowest BCUT2D eigenvalue weighted by Crippen LogP contribution is -2.51. The Morgan fingerprint density at radius 2 is 1.97 bits per heavy atom. The SMILES string of the molecule is CC(C)(C)/C=C/C(=O)NC(C(=O)C(=O)N/N=C1\SCCN1CCO)C1CCCCC1. The lowest BCUT2D eigenvalue weighted by atomic mass is 9.82. The molecule has 0 aromatic heterocycles. The Kier molecular flexibility index (Phi) is 9.36. The number of carbonyl (C=O) groups excluding carboxylic acids is 3. The van der Waals surface area contributed by atoms with Crippen molar-refractivity contribution in [2.75, 3.05) is 25.4 Å². The normalized spacial score (nSPS) is 20.5. The summed E-state index contributed by atoms with van der Waals surface area (Å²) in [7, 11) is 0. The largest absolute Gasteiger partial charge is 0.395 e. The molecule has 0 radical (unpaired) electrons. The van der Waals surface area contributed by atoms with Crippen LogP contribution in [0.2, 0.25) is 0 Å². The minimum Gasteiger partial charge on any atom is -0.395 e. The summed E-state index contributed by atoms with van der Waals surface area (Å²) in [6.07, 6.45) is 7.90. The maximum atomic E-state index is 12.9. The van der Waals surface area contributed by atoms with Gasteiger partial charge in [0.15, 0.2) is 5.17 Å². The van der Waals surface area contributed by atoms with Crippen LogP contribution in [0.3, 0.4) is 0 Å². The van der Waals surface area contributed by atoms with Gasteiger partial charge in [0, 0.05) is 18.8 Å². The summed E-state index contributed by atoms with van der Waals surface area (Å²) in [5.41, 5.74) is 2.19. The summed E-state index contributed by atoms with van der Waals surface area (Å²) in [5.74, 6) is -1.10. The van der Waals surface area contributed by atoms with Crippen molar-refractivity contribution in [3.05, 3.63) is 12.2 Å². The second kappa shape index (κ2) is 11.5. The van der Waals surface area contributed by atoms with E-state index in [0.29, 0.717) is 11.7 Å². The first-order valence-electron chi connectivity index (χ1n) is 10.6. The number of ketones is 1. The number of thioether (sulfide) groups is 1. The van der Waals surface area contributed by atoms with Gasteiger partial charge in [-0.05, 0) is 30.3 Å². The number of nitrogens with one attached hydrogen (secondary N) is 2. The Balaban J connectivity index is 2.06. The Labute approximate surface area is 182 Å². The number of β-amino-alcohol motifs (C(OH)–C–C–N with tert-alkyl or cyclic N) is 1. The summed E-state index contributed by atoms with van der Waals surface area (Å²) >= 11 is 1.46. The van der Waals surface area contributed by atoms with Crippen LogP contribution in [0.4, 0.5) is 0 Å². The summed E-state index contributed by atoms with van der Waals surface area (Å²) in [5, 5.41) is 16.5. The third-order valence-electron chi connectivity index (χ3n) is 5.15. The van der Waals surface area contributed by atoms with E-state index < -0.39 is 17.7 Å². The summed E-state index contributed by atoms with van der Waals surface area (Å²) in [4.78, 5) is 39.7. The first-order chi connectivity index (χ1) is 14.2. The van der Waals surface area contributed by atoms with Gasteiger partial charge in [0.2, 0.25) is 11.7 Å². The van der Waals surface area contributed by atoms with E-state index in [4.69, 9.17) is 5.11 Å². The predicted octanol–water partition coefficient (Wildman–Crippen LogP) is 1.65. The molecule has 1 aliphatic carbocycles. The molecule has 1 aliphatic heterocycles. The molecule has 2 aliphatic rings. The molecule has 168 valence electrons. The zero-order valence-corrected chi connectivity index (χ0v) is 19.0. The standard InChI is InChI=1S/C21H34N4O4S/c1-21(2,3)10-9-16(27)22-17(15-7-5-4-6-8-15)18(28)19(29)23-24-20-25(11-13-26)12-14-30-20/h9-10,15,17,26H,4-8,11-14H2,1-3H3,(H,22,27)(H,23,29)/b10-9+,24-20-. The molecule has 1 saturated heterocycles. The highest BCUT2D eigenvalue weighted by atomic mass is 32.2. The number of nitrogens with zero attached hydrogens (tertiary/aromatic N) is 2. The van der Waals surface area contributed by atoms with Crippen molar-refractivity contribution in [3.63, 3.8) is 0 Å². The van der Waals surface area contributed by atoms with Gasteiger partial charge in [0.05, 0.1) is 6.61 Å². The smallest absolute Gasteiger partial charge is 0.309 e. The topological polar surface area (TPSA) is 111 Å². The lowest BCUT2D eigenvalue weighted by Gasteiger charge is -2.29. The molecule has 2 fully saturated rings. The molecule has 0 aromatic rings. The van der Waals surface area contributed by atoms with Crippen molar-refractivity contribution in [1.29, 1.82) is 0 Å². The summed E-state index contributed by atoms with van der Waals surface area (Å²) < 4.78 is 0. The number of aliphatic hydroxyl groups excluding tert-OH is 1. The highest BCUT2D eigenvalue weighted by Gasteiger charge is 2.34. The van der Waals surface area contributed by atoms with E-state index in [-0.39, 0.29) is 23.8 Å². The van der Waals surface area contributed by atoms with Crippen LogP contribution >= 0.6 is 11.8 Å². The molecule has 30 heavy (non-hydrogen) atoms. The number of aliphatic hydroxyl groups is 1. The number of carbonyl (C=O) groups is 3. The van der Waals surface area contributed by atoms with E-state index in [2.05, 4.69) is 15.8 Å². The van der Waals surface area contributed by atoms with E-state index in [1.165, 1.54) is 17.8 Å². The number of allylic oxidation sites excluding steroid dienone is 1. The van der Waals surface area contributed by atoms with Gasteiger partial charge in [0.25, 0.3) is 0 Å². The molecule has 1 unspecified atom stereocenters. The second-order valence-corrected chi connectivity index (χ2v) is 9.90. The molecule has 0 aromatic carbocycles. The number of Topliss-reactive ketones (excluding diaryl/α,β-unsaturated/α-hetero) is 1. The Hall–Kier alpha value is -1.87. The monoisotopic (exact) mass is 438 g/mol. The van der Waals surface area contributed by atoms with Crippen molar-refractivity contribution in [3.8, 4) is 0 Å². The van der Waals surface area contributed by atoms with Crippen LogP contribution in [-0.4, -0.2) is 64.3 Å². The Bertz CT molecular complexity index is 681. The number of rotatable bonds is 8. The second-order valence-electron chi connectivity index (χ2n) is 8.84. The first-order valence-corrected chi connectivity index (χ1v) is 11.6. The molecule has 9 heteroatoms. The fourth-order valence-electron chi connectivity index (χ4n) is 3.55. The third kappa shape index (κ3) is 7.75. The predicted molar refractivity (Wildman–Crippen MR) is 119 cm³/mol. The Morgan fingerprint density at radius 1 is 1.27 bits per heavy atom. The number of amides is 2. The zero-order chi connectivity index (χ0) is 22.1. The van der Waals surface area contributed by atoms with Crippen LogP contribution < -0.4 is 10.7 Å². The van der Waals surface area contributed by atoms with Gasteiger partial charge >= 0.3 is 5.91 Å². The average Bonchev–Trinajstić information content (AvgIpc) is 3.15. The van der Waals surface area contributed by atoms with E-state index in [1.54, 1.807) is 6.08 Å². The van der Waals surface area contributed by atoms with Gasteiger partial charge in [-0.2, -0.15) is 0 Å². The fourth-order valence-corrected chi connectivity index (χ4v) is 4.52. The van der Waals surface area contributed by atoms with Crippen LogP contribution in [0.15, 0.2) is 17.3 Å². The Morgan fingerprint density at radius 3 is 2.60 bits per heavy atom. The minimum atomic E-state index is -0.854. The molecule has 1 atom stereocenters. The molecule has 1 saturated carbocycles. The fraction of sp³-hybridized carbons (Fsp3) is 0.714. The molecule has 1 heterocycles. The summed E-state index contributed by atoms with van der Waals surface area (Å²) in [6, 6.07) is -0.854. The first kappa shape index (κ1) is 24.4. The third-order valence-corrected chi connectivity index (χ3v) is 6.14. The molecule has 0 bridgehead atoms. The lowest BCUT2D eigenvalue weighted by molar-refractivity contribution is -0.140. The van der Waals surface area contributed by atoms with Crippen molar-refractivity contribution in [2.45, 2.75) is 58.9 Å². The maximum absolute atomic E-state index is 12.9. The van der Waals surface area contributed by atoms with Gasteiger partial charge in [-0.1, -0.05) is 57.9 Å². The van der Waals surface area contributed by atoms with Gasteiger partial charge in [-0.3, -0.25) is 14.4 Å². The highest BCUT2D eigenvalue weighted by Crippen LogP contribution is 2.27. The quantitative estimate of drug-likeness (QED) is 0.302. The van der Waals surface area contributed by atoms with Crippen LogP contribution in [0, 0.1) is 11.3 Å². The highest BCUT2D eigenvalue weighted by molar-refractivity contribution is 8.14. The average molecular weight is 439 g/mol. The van der Waals surface area contributed by atoms with Crippen LogP contribution in [-0.2, 0) is 14.4 Å². The number of hydrazone groups is 1. The maximum Gasteiger partial charge on any atom is 0.309 e. The van der Waals surface area contributed by atoms with Crippen LogP contribution in [0.25, 0.3) is 0 Å². The summed E-state index contributed by atoms with van der Waals surface area (Å²) in [6.45, 7) is 7.09. The van der Waals surface area contributed by atoms with Gasteiger partial charge in [-0.25, -0.2) is 5.43 Å². The van der Waals surface area contributed by atoms with E-state index in [9.17, 15) is 14.4 Å². The molecule has 0 spiro atoms.